The predicted octanol–water partition coefficient (Wildman–Crippen LogP) is 5.62. The summed E-state index contributed by atoms with van der Waals surface area (Å²) in [5.74, 6) is -0.339. The maximum Gasteiger partial charge on any atom is 0.171 e. The molecule has 5 heteroatoms. The van der Waals surface area contributed by atoms with Gasteiger partial charge in [-0.2, -0.15) is 0 Å². The van der Waals surface area contributed by atoms with Crippen LogP contribution >= 0.6 is 23.8 Å². The van der Waals surface area contributed by atoms with E-state index < -0.39 is 0 Å². The van der Waals surface area contributed by atoms with Gasteiger partial charge >= 0.3 is 0 Å². The maximum atomic E-state index is 13.7. The summed E-state index contributed by atoms with van der Waals surface area (Å²) < 4.78 is 13.7. The van der Waals surface area contributed by atoms with Crippen LogP contribution in [0.15, 0.2) is 36.4 Å². The zero-order valence-corrected chi connectivity index (χ0v) is 15.5. The Kier molecular flexibility index (Phi) is 7.00. The molecule has 24 heavy (non-hydrogen) atoms. The number of nitrogens with one attached hydrogen (secondary N) is 2. The van der Waals surface area contributed by atoms with Crippen LogP contribution in [0.2, 0.25) is 5.02 Å². The summed E-state index contributed by atoms with van der Waals surface area (Å²) in [6.45, 7) is 4.55. The van der Waals surface area contributed by atoms with Gasteiger partial charge in [0.25, 0.3) is 0 Å². The first-order valence-electron chi connectivity index (χ1n) is 8.08. The van der Waals surface area contributed by atoms with Crippen LogP contribution in [-0.2, 0) is 13.0 Å². The molecule has 0 aliphatic heterocycles. The molecule has 0 aromatic heterocycles. The quantitative estimate of drug-likeness (QED) is 0.651. The van der Waals surface area contributed by atoms with Crippen molar-refractivity contribution in [2.45, 2.75) is 39.7 Å². The lowest BCUT2D eigenvalue weighted by Gasteiger charge is -2.14. The van der Waals surface area contributed by atoms with Gasteiger partial charge in [-0.3, -0.25) is 0 Å². The van der Waals surface area contributed by atoms with Gasteiger partial charge in [0.2, 0.25) is 0 Å². The highest BCUT2D eigenvalue weighted by Gasteiger charge is 2.06. The molecule has 0 aliphatic rings. The van der Waals surface area contributed by atoms with E-state index in [1.807, 2.05) is 6.07 Å². The third kappa shape index (κ3) is 5.46. The van der Waals surface area contributed by atoms with Crippen LogP contribution in [-0.4, -0.2) is 5.11 Å². The summed E-state index contributed by atoms with van der Waals surface area (Å²) in [6, 6.07) is 11.0. The zero-order chi connectivity index (χ0) is 17.5. The highest BCUT2D eigenvalue weighted by atomic mass is 35.5. The number of halogens is 2. The average Bonchev–Trinajstić information content (AvgIpc) is 2.54. The Morgan fingerprint density at radius 2 is 2.00 bits per heavy atom. The van der Waals surface area contributed by atoms with Crippen molar-refractivity contribution in [1.29, 1.82) is 0 Å². The Bertz CT molecular complexity index is 719. The van der Waals surface area contributed by atoms with Crippen molar-refractivity contribution < 1.29 is 4.39 Å². The summed E-state index contributed by atoms with van der Waals surface area (Å²) in [7, 11) is 0. The minimum atomic E-state index is -0.339. The molecule has 0 atom stereocenters. The Morgan fingerprint density at radius 1 is 1.21 bits per heavy atom. The molecular formula is C19H22ClFN2S. The predicted molar refractivity (Wildman–Crippen MR) is 104 cm³/mol. The van der Waals surface area contributed by atoms with Gasteiger partial charge in [-0.05, 0) is 61.3 Å². The molecule has 0 fully saturated rings. The van der Waals surface area contributed by atoms with Crippen LogP contribution < -0.4 is 10.6 Å². The van der Waals surface area contributed by atoms with Crippen molar-refractivity contribution >= 4 is 34.6 Å². The molecular weight excluding hydrogens is 343 g/mol. The van der Waals surface area contributed by atoms with Crippen LogP contribution in [0.1, 0.15) is 36.5 Å². The van der Waals surface area contributed by atoms with E-state index in [1.165, 1.54) is 24.5 Å². The second kappa shape index (κ2) is 9.00. The van der Waals surface area contributed by atoms with E-state index in [0.717, 1.165) is 17.7 Å². The van der Waals surface area contributed by atoms with Crippen molar-refractivity contribution in [1.82, 2.24) is 5.32 Å². The molecule has 2 rings (SSSR count). The van der Waals surface area contributed by atoms with Gasteiger partial charge in [-0.25, -0.2) is 4.39 Å². The summed E-state index contributed by atoms with van der Waals surface area (Å²) in [4.78, 5) is 0. The Hall–Kier alpha value is -1.65. The fraction of sp³-hybridized carbons (Fsp3) is 0.316. The normalized spacial score (nSPS) is 10.5. The van der Waals surface area contributed by atoms with E-state index in [4.69, 9.17) is 23.8 Å². The van der Waals surface area contributed by atoms with Gasteiger partial charge in [0.05, 0.1) is 0 Å². The number of hydrogen-bond donors (Lipinski definition) is 2. The number of rotatable bonds is 6. The lowest BCUT2D eigenvalue weighted by molar-refractivity contribution is 0.606. The molecule has 0 unspecified atom stereocenters. The van der Waals surface area contributed by atoms with Crippen LogP contribution in [0.25, 0.3) is 0 Å². The molecule has 2 N–H and O–H groups in total. The summed E-state index contributed by atoms with van der Waals surface area (Å²) >= 11 is 11.0. The topological polar surface area (TPSA) is 24.1 Å². The fourth-order valence-corrected chi connectivity index (χ4v) is 2.75. The fourth-order valence-electron chi connectivity index (χ4n) is 2.41. The van der Waals surface area contributed by atoms with Gasteiger partial charge in [0, 0.05) is 22.8 Å². The molecule has 0 radical (unpaired) electrons. The van der Waals surface area contributed by atoms with Gasteiger partial charge in [-0.15, -0.1) is 0 Å². The van der Waals surface area contributed by atoms with E-state index in [-0.39, 0.29) is 5.82 Å². The largest absolute Gasteiger partial charge is 0.358 e. The smallest absolute Gasteiger partial charge is 0.171 e. The Morgan fingerprint density at radius 3 is 2.67 bits per heavy atom. The number of thiocarbonyl (C=S) groups is 1. The van der Waals surface area contributed by atoms with Crippen LogP contribution in [0, 0.1) is 12.7 Å². The van der Waals surface area contributed by atoms with E-state index in [2.05, 4.69) is 36.6 Å². The molecule has 0 spiro atoms. The molecule has 0 saturated carbocycles. The van der Waals surface area contributed by atoms with Crippen molar-refractivity contribution in [3.05, 3.63) is 63.9 Å². The van der Waals surface area contributed by atoms with Gasteiger partial charge < -0.3 is 10.6 Å². The minimum absolute atomic E-state index is 0.308. The van der Waals surface area contributed by atoms with Gasteiger partial charge in [-0.1, -0.05) is 43.1 Å². The minimum Gasteiger partial charge on any atom is -0.358 e. The molecule has 0 heterocycles. The first kappa shape index (κ1) is 18.7. The SMILES string of the molecule is CCCCc1ccc(NC(=S)NCc2ccc(Cl)cc2F)c(C)c1. The van der Waals surface area contributed by atoms with Crippen molar-refractivity contribution in [3.8, 4) is 0 Å². The monoisotopic (exact) mass is 364 g/mol. The average molecular weight is 365 g/mol. The molecule has 2 aromatic rings. The number of benzene rings is 2. The highest BCUT2D eigenvalue weighted by molar-refractivity contribution is 7.80. The highest BCUT2D eigenvalue weighted by Crippen LogP contribution is 2.18. The third-order valence-corrected chi connectivity index (χ3v) is 4.29. The number of hydrogen-bond acceptors (Lipinski definition) is 1. The second-order valence-corrected chi connectivity index (χ2v) is 6.64. The van der Waals surface area contributed by atoms with E-state index in [1.54, 1.807) is 12.1 Å². The maximum absolute atomic E-state index is 13.7. The molecule has 0 saturated heterocycles. The molecule has 0 aliphatic carbocycles. The molecule has 0 bridgehead atoms. The lowest BCUT2D eigenvalue weighted by atomic mass is 10.0. The van der Waals surface area contributed by atoms with Crippen molar-refractivity contribution in [3.63, 3.8) is 0 Å². The van der Waals surface area contributed by atoms with E-state index >= 15 is 0 Å². The number of anilines is 1. The summed E-state index contributed by atoms with van der Waals surface area (Å²) in [5.41, 5.74) is 3.96. The second-order valence-electron chi connectivity index (χ2n) is 5.80. The van der Waals surface area contributed by atoms with Gasteiger partial charge in [0.15, 0.2) is 5.11 Å². The lowest BCUT2D eigenvalue weighted by Crippen LogP contribution is -2.28. The molecule has 2 nitrogen and oxygen atoms in total. The standard InChI is InChI=1S/C19H22ClFN2S/c1-3-4-5-14-6-9-18(13(2)10-14)23-19(24)22-12-15-7-8-16(20)11-17(15)21/h6-11H,3-5,12H2,1-2H3,(H2,22,23,24). The number of aryl methyl sites for hydroxylation is 2. The van der Waals surface area contributed by atoms with Gasteiger partial charge in [0.1, 0.15) is 5.82 Å². The first-order chi connectivity index (χ1) is 11.5. The van der Waals surface area contributed by atoms with E-state index in [0.29, 0.717) is 22.2 Å². The van der Waals surface area contributed by atoms with Crippen LogP contribution in [0.4, 0.5) is 10.1 Å². The zero-order valence-electron chi connectivity index (χ0n) is 14.0. The van der Waals surface area contributed by atoms with E-state index in [9.17, 15) is 4.39 Å². The number of unbranched alkanes of at least 4 members (excludes halogenated alkanes) is 1. The van der Waals surface area contributed by atoms with Crippen LogP contribution in [0.3, 0.4) is 0 Å². The first-order valence-corrected chi connectivity index (χ1v) is 8.86. The third-order valence-electron chi connectivity index (χ3n) is 3.81. The van der Waals surface area contributed by atoms with Crippen molar-refractivity contribution in [2.24, 2.45) is 0 Å². The molecule has 0 amide bonds. The Balaban J connectivity index is 1.92. The van der Waals surface area contributed by atoms with Crippen LogP contribution in [0.5, 0.6) is 0 Å². The molecule has 2 aromatic carbocycles. The Labute approximate surface area is 153 Å². The summed E-state index contributed by atoms with van der Waals surface area (Å²) in [6.07, 6.45) is 3.48. The molecule has 128 valence electrons. The van der Waals surface area contributed by atoms with Crippen molar-refractivity contribution in [2.75, 3.05) is 5.32 Å². The summed E-state index contributed by atoms with van der Waals surface area (Å²) in [5, 5.41) is 7.04.